The van der Waals surface area contributed by atoms with Crippen LogP contribution in [0.5, 0.6) is 0 Å². The van der Waals surface area contributed by atoms with Crippen molar-refractivity contribution in [3.63, 3.8) is 0 Å². The fraction of sp³-hybridized carbons (Fsp3) is 0.0455. The molecule has 0 atom stereocenters. The number of pyridine rings is 1. The third kappa shape index (κ3) is 2.18. The molecule has 6 heteroatoms. The zero-order valence-corrected chi connectivity index (χ0v) is 15.8. The van der Waals surface area contributed by atoms with Crippen molar-refractivity contribution in [2.75, 3.05) is 0 Å². The van der Waals surface area contributed by atoms with Crippen LogP contribution in [0.1, 0.15) is 0 Å². The molecule has 2 heterocycles. The molecular formula is C22H16N2O3S. The van der Waals surface area contributed by atoms with E-state index in [-0.39, 0.29) is 10.3 Å². The summed E-state index contributed by atoms with van der Waals surface area (Å²) in [5.74, 6) is 0. The molecule has 0 amide bonds. The van der Waals surface area contributed by atoms with Gasteiger partial charge in [-0.3, -0.25) is 4.79 Å². The molecule has 5 rings (SSSR count). The smallest absolute Gasteiger partial charge is 0.268 e. The lowest BCUT2D eigenvalue weighted by Gasteiger charge is -2.15. The predicted molar refractivity (Wildman–Crippen MR) is 110 cm³/mol. The minimum atomic E-state index is -3.90. The Morgan fingerprint density at radius 2 is 1.50 bits per heavy atom. The van der Waals surface area contributed by atoms with Gasteiger partial charge in [-0.25, -0.2) is 12.4 Å². The molecule has 0 saturated carbocycles. The molecule has 2 aliphatic rings. The normalized spacial score (nSPS) is 12.2. The van der Waals surface area contributed by atoms with E-state index in [1.807, 2.05) is 36.0 Å². The number of aryl methyl sites for hydroxylation is 1. The molecule has 0 radical (unpaired) electrons. The summed E-state index contributed by atoms with van der Waals surface area (Å²) in [6.45, 7) is 0. The fourth-order valence-corrected chi connectivity index (χ4v) is 5.43. The Morgan fingerprint density at radius 1 is 0.786 bits per heavy atom. The van der Waals surface area contributed by atoms with Crippen molar-refractivity contribution in [1.29, 1.82) is 0 Å². The highest BCUT2D eigenvalue weighted by Crippen LogP contribution is 2.37. The zero-order chi connectivity index (χ0) is 19.5. The minimum absolute atomic E-state index is 0.183. The van der Waals surface area contributed by atoms with E-state index in [1.54, 1.807) is 48.5 Å². The van der Waals surface area contributed by atoms with Crippen LogP contribution >= 0.6 is 0 Å². The SMILES string of the molecule is Cn1cc2c3ccccc3n(S(=O)(=O)c3ccccc3)c2c2c(=O)cccc1-2. The van der Waals surface area contributed by atoms with Crippen molar-refractivity contribution in [2.45, 2.75) is 4.90 Å². The van der Waals surface area contributed by atoms with Crippen LogP contribution in [0, 0.1) is 0 Å². The first-order valence-electron chi connectivity index (χ1n) is 8.82. The second-order valence-corrected chi connectivity index (χ2v) is 8.54. The number of fused-ring (bicyclic) bond motifs is 5. The maximum absolute atomic E-state index is 13.6. The summed E-state index contributed by atoms with van der Waals surface area (Å²) < 4.78 is 30.4. The number of rotatable bonds is 2. The lowest BCUT2D eigenvalue weighted by atomic mass is 10.1. The van der Waals surface area contributed by atoms with Gasteiger partial charge in [0.1, 0.15) is 0 Å². The summed E-state index contributed by atoms with van der Waals surface area (Å²) in [6.07, 6.45) is 1.89. The van der Waals surface area contributed by atoms with Crippen LogP contribution in [0.2, 0.25) is 0 Å². The minimum Gasteiger partial charge on any atom is -0.350 e. The second-order valence-electron chi connectivity index (χ2n) is 6.75. The topological polar surface area (TPSA) is 61.1 Å². The van der Waals surface area contributed by atoms with Crippen molar-refractivity contribution in [3.8, 4) is 11.3 Å². The number of hydrogen-bond donors (Lipinski definition) is 0. The molecule has 1 aromatic heterocycles. The van der Waals surface area contributed by atoms with Gasteiger partial charge in [-0.1, -0.05) is 42.5 Å². The molecule has 3 aromatic rings. The Kier molecular flexibility index (Phi) is 3.48. The van der Waals surface area contributed by atoms with E-state index in [2.05, 4.69) is 0 Å². The van der Waals surface area contributed by atoms with E-state index in [1.165, 1.54) is 10.0 Å². The monoisotopic (exact) mass is 388 g/mol. The van der Waals surface area contributed by atoms with Gasteiger partial charge in [0.05, 0.1) is 27.2 Å². The average Bonchev–Trinajstić information content (AvgIpc) is 3.04. The first kappa shape index (κ1) is 16.8. The molecule has 0 N–H and O–H groups in total. The van der Waals surface area contributed by atoms with Crippen molar-refractivity contribution >= 4 is 31.8 Å². The lowest BCUT2D eigenvalue weighted by molar-refractivity contribution is 0.590. The Balaban J connectivity index is 2.09. The van der Waals surface area contributed by atoms with Gasteiger partial charge in [-0.05, 0) is 30.3 Å². The van der Waals surface area contributed by atoms with E-state index in [4.69, 9.17) is 0 Å². The van der Waals surface area contributed by atoms with E-state index in [9.17, 15) is 13.2 Å². The van der Waals surface area contributed by atoms with Gasteiger partial charge < -0.3 is 4.57 Å². The highest BCUT2D eigenvalue weighted by Gasteiger charge is 2.27. The Morgan fingerprint density at radius 3 is 2.29 bits per heavy atom. The van der Waals surface area contributed by atoms with Crippen LogP contribution in [-0.2, 0) is 17.1 Å². The van der Waals surface area contributed by atoms with E-state index >= 15 is 0 Å². The quantitative estimate of drug-likeness (QED) is 0.462. The van der Waals surface area contributed by atoms with Crippen LogP contribution in [0.25, 0.3) is 33.1 Å². The first-order chi connectivity index (χ1) is 13.5. The average molecular weight is 388 g/mol. The predicted octanol–water partition coefficient (Wildman–Crippen LogP) is 3.84. The maximum atomic E-state index is 13.6. The van der Waals surface area contributed by atoms with Crippen molar-refractivity contribution in [2.24, 2.45) is 7.05 Å². The number of aromatic nitrogens is 2. The van der Waals surface area contributed by atoms with Gasteiger partial charge in [0.15, 0.2) is 5.43 Å². The molecule has 138 valence electrons. The molecule has 5 nitrogen and oxygen atoms in total. The van der Waals surface area contributed by atoms with E-state index in [0.29, 0.717) is 22.3 Å². The van der Waals surface area contributed by atoms with Crippen LogP contribution in [0.3, 0.4) is 0 Å². The Bertz CT molecular complexity index is 1500. The molecule has 0 saturated heterocycles. The molecule has 28 heavy (non-hydrogen) atoms. The zero-order valence-electron chi connectivity index (χ0n) is 15.0. The number of nitrogens with zero attached hydrogens (tertiary/aromatic N) is 2. The standard InChI is InChI=1S/C22H16N2O3S/c1-23-14-17-16-10-5-6-11-18(16)24(28(26,27)15-8-3-2-4-9-15)22(17)21-19(23)12-7-13-20(21)25/h2-14H,1H3. The van der Waals surface area contributed by atoms with Crippen molar-refractivity contribution in [3.05, 3.63) is 89.2 Å². The first-order valence-corrected chi connectivity index (χ1v) is 10.3. The number of hydrogen-bond acceptors (Lipinski definition) is 3. The van der Waals surface area contributed by atoms with E-state index < -0.39 is 10.0 Å². The third-order valence-electron chi connectivity index (χ3n) is 5.10. The van der Waals surface area contributed by atoms with Crippen molar-refractivity contribution in [1.82, 2.24) is 8.54 Å². The van der Waals surface area contributed by atoms with Gasteiger partial charge in [-0.15, -0.1) is 0 Å². The Hall–Kier alpha value is -3.38. The molecule has 0 spiro atoms. The van der Waals surface area contributed by atoms with Gasteiger partial charge in [-0.2, -0.15) is 0 Å². The maximum Gasteiger partial charge on any atom is 0.268 e. The largest absolute Gasteiger partial charge is 0.350 e. The highest BCUT2D eigenvalue weighted by molar-refractivity contribution is 7.90. The summed E-state index contributed by atoms with van der Waals surface area (Å²) in [7, 11) is -2.04. The number of para-hydroxylation sites is 1. The summed E-state index contributed by atoms with van der Waals surface area (Å²) in [4.78, 5) is 13.0. The van der Waals surface area contributed by atoms with Gasteiger partial charge >= 0.3 is 0 Å². The molecular weight excluding hydrogens is 372 g/mol. The Labute approximate surface area is 161 Å². The molecule has 2 aromatic carbocycles. The van der Waals surface area contributed by atoms with E-state index in [0.717, 1.165) is 10.8 Å². The summed E-state index contributed by atoms with van der Waals surface area (Å²) >= 11 is 0. The second kappa shape index (κ2) is 5.81. The number of benzene rings is 3. The third-order valence-corrected chi connectivity index (χ3v) is 6.82. The van der Waals surface area contributed by atoms with Gasteiger partial charge in [0, 0.05) is 24.0 Å². The van der Waals surface area contributed by atoms with Gasteiger partial charge in [0.25, 0.3) is 10.0 Å². The molecule has 0 fully saturated rings. The van der Waals surface area contributed by atoms with Crippen LogP contribution in [0.15, 0.2) is 88.7 Å². The van der Waals surface area contributed by atoms with Crippen LogP contribution in [-0.4, -0.2) is 17.0 Å². The van der Waals surface area contributed by atoms with Crippen LogP contribution < -0.4 is 5.43 Å². The molecule has 1 aliphatic carbocycles. The summed E-state index contributed by atoms with van der Waals surface area (Å²) in [5.41, 5.74) is 1.86. The van der Waals surface area contributed by atoms with Crippen molar-refractivity contribution < 1.29 is 8.42 Å². The lowest BCUT2D eigenvalue weighted by Crippen LogP contribution is -2.16. The molecule has 0 unspecified atom stereocenters. The summed E-state index contributed by atoms with van der Waals surface area (Å²) in [5, 5.41) is 1.52. The molecule has 1 aliphatic heterocycles. The fourth-order valence-electron chi connectivity index (χ4n) is 3.86. The molecule has 0 bridgehead atoms. The van der Waals surface area contributed by atoms with Crippen LogP contribution in [0.4, 0.5) is 0 Å². The highest BCUT2D eigenvalue weighted by atomic mass is 32.2. The van der Waals surface area contributed by atoms with Gasteiger partial charge in [0.2, 0.25) is 0 Å². The summed E-state index contributed by atoms with van der Waals surface area (Å²) in [6, 6.07) is 20.6.